The molecule has 0 fully saturated rings. The minimum absolute atomic E-state index is 0.521. The van der Waals surface area contributed by atoms with Gasteiger partial charge in [-0.3, -0.25) is 0 Å². The van der Waals surface area contributed by atoms with Crippen LogP contribution in [-0.2, 0) is 5.41 Å². The highest BCUT2D eigenvalue weighted by Crippen LogP contribution is 2.59. The minimum Gasteiger partial charge on any atom is -0.192 e. The number of fused-ring (bicyclic) bond motifs is 9. The van der Waals surface area contributed by atoms with Crippen LogP contribution in [0.4, 0.5) is 0 Å². The van der Waals surface area contributed by atoms with Gasteiger partial charge in [0.25, 0.3) is 0 Å². The van der Waals surface area contributed by atoms with E-state index in [1.807, 2.05) is 48.5 Å². The highest BCUT2D eigenvalue weighted by molar-refractivity contribution is 5.93. The molecule has 6 aromatic rings. The quantitative estimate of drug-likeness (QED) is 0.217. The Labute approximate surface area is 251 Å². The van der Waals surface area contributed by atoms with E-state index in [1.165, 1.54) is 44.5 Å². The van der Waals surface area contributed by atoms with Gasteiger partial charge in [0, 0.05) is 0 Å². The molecule has 0 bridgehead atoms. The van der Waals surface area contributed by atoms with E-state index in [0.29, 0.717) is 11.1 Å². The molecule has 0 saturated carbocycles. The van der Waals surface area contributed by atoms with Crippen LogP contribution in [-0.4, -0.2) is 0 Å². The Hall–Kier alpha value is -5.96. The zero-order chi connectivity index (χ0) is 29.0. The van der Waals surface area contributed by atoms with Gasteiger partial charge >= 0.3 is 0 Å². The van der Waals surface area contributed by atoms with E-state index in [2.05, 4.69) is 109 Å². The molecule has 2 aliphatic carbocycles. The van der Waals surface area contributed by atoms with E-state index in [0.717, 1.165) is 22.3 Å². The summed E-state index contributed by atoms with van der Waals surface area (Å²) in [5, 5.41) is 18.7. The van der Waals surface area contributed by atoms with Crippen molar-refractivity contribution in [2.75, 3.05) is 0 Å². The molecule has 0 amide bonds. The Morgan fingerprint density at radius 2 is 0.907 bits per heavy atom. The number of nitrogens with zero attached hydrogens (tertiary/aromatic N) is 2. The summed E-state index contributed by atoms with van der Waals surface area (Å²) in [6.45, 7) is 0. The first-order valence-electron chi connectivity index (χ1n) is 14.4. The molecule has 0 aliphatic heterocycles. The van der Waals surface area contributed by atoms with Crippen LogP contribution in [0, 0.1) is 22.7 Å². The average molecular weight is 545 g/mol. The van der Waals surface area contributed by atoms with Gasteiger partial charge < -0.3 is 0 Å². The van der Waals surface area contributed by atoms with E-state index >= 15 is 0 Å². The second-order valence-electron chi connectivity index (χ2n) is 11.2. The Balaban J connectivity index is 1.43. The lowest BCUT2D eigenvalue weighted by atomic mass is 9.65. The third-order valence-corrected chi connectivity index (χ3v) is 9.00. The maximum Gasteiger partial charge on any atom is 0.0991 e. The van der Waals surface area contributed by atoms with Gasteiger partial charge in [0.1, 0.15) is 0 Å². The summed E-state index contributed by atoms with van der Waals surface area (Å²) in [7, 11) is 0. The predicted molar refractivity (Wildman–Crippen MR) is 173 cm³/mol. The summed E-state index contributed by atoms with van der Waals surface area (Å²) in [4.78, 5) is 0. The number of hydrogen-bond donors (Lipinski definition) is 0. The van der Waals surface area contributed by atoms with Crippen LogP contribution in [0.15, 0.2) is 133 Å². The van der Waals surface area contributed by atoms with Crippen LogP contribution >= 0.6 is 0 Å². The summed E-state index contributed by atoms with van der Waals surface area (Å²) in [5.41, 5.74) is 15.1. The van der Waals surface area contributed by atoms with Gasteiger partial charge in [0.05, 0.1) is 28.7 Å². The predicted octanol–water partition coefficient (Wildman–Crippen LogP) is 9.61. The molecule has 2 nitrogen and oxygen atoms in total. The van der Waals surface area contributed by atoms with Gasteiger partial charge in [-0.05, 0) is 103 Å². The highest BCUT2D eigenvalue weighted by atomic mass is 14.5. The molecule has 198 valence electrons. The Morgan fingerprint density at radius 1 is 0.395 bits per heavy atom. The van der Waals surface area contributed by atoms with Gasteiger partial charge in [-0.25, -0.2) is 0 Å². The van der Waals surface area contributed by atoms with Crippen molar-refractivity contribution in [3.05, 3.63) is 178 Å². The van der Waals surface area contributed by atoms with E-state index < -0.39 is 5.41 Å². The molecule has 43 heavy (non-hydrogen) atoms. The summed E-state index contributed by atoms with van der Waals surface area (Å²) < 4.78 is 0. The van der Waals surface area contributed by atoms with E-state index in [1.54, 1.807) is 0 Å². The van der Waals surface area contributed by atoms with Gasteiger partial charge in [-0.15, -0.1) is 0 Å². The van der Waals surface area contributed by atoms with Crippen LogP contribution < -0.4 is 0 Å². The van der Waals surface area contributed by atoms with Crippen molar-refractivity contribution in [1.82, 2.24) is 0 Å². The Bertz CT molecular complexity index is 2190. The lowest BCUT2D eigenvalue weighted by Gasteiger charge is -2.35. The van der Waals surface area contributed by atoms with Crippen molar-refractivity contribution in [2.45, 2.75) is 5.41 Å². The third kappa shape index (κ3) is 3.64. The standard InChI is InChI=1S/C41H24N2/c42-25-27-9-13-29(14-10-27)33-21-22-39-36(23-33)35-6-2-4-8-38(35)41(39)37-7-3-1-5-31(37)17-18-32-19-20-34(24-40(32)41)30-15-11-28(26-43)12-16-30/h1-24H. The fraction of sp³-hybridized carbons (Fsp3) is 0.0244. The lowest BCUT2D eigenvalue weighted by Crippen LogP contribution is -2.30. The largest absolute Gasteiger partial charge is 0.192 e. The summed E-state index contributed by atoms with van der Waals surface area (Å²) in [6.07, 6.45) is 4.49. The van der Waals surface area contributed by atoms with Crippen molar-refractivity contribution < 1.29 is 0 Å². The van der Waals surface area contributed by atoms with Crippen LogP contribution in [0.1, 0.15) is 44.5 Å². The van der Waals surface area contributed by atoms with E-state index in [-0.39, 0.29) is 0 Å². The molecule has 1 atom stereocenters. The van der Waals surface area contributed by atoms with Crippen molar-refractivity contribution in [2.24, 2.45) is 0 Å². The normalized spacial score (nSPS) is 15.4. The summed E-state index contributed by atoms with van der Waals surface area (Å²) in [6, 6.07) is 51.3. The summed E-state index contributed by atoms with van der Waals surface area (Å²) in [5.74, 6) is 0. The maximum absolute atomic E-state index is 9.35. The first-order chi connectivity index (χ1) is 21.2. The van der Waals surface area contributed by atoms with Crippen LogP contribution in [0.5, 0.6) is 0 Å². The molecule has 1 unspecified atom stereocenters. The smallest absolute Gasteiger partial charge is 0.0991 e. The molecule has 0 heterocycles. The SMILES string of the molecule is N#Cc1ccc(-c2ccc3c(c2)-c2ccccc2C32c3ccccc3C=Cc3ccc(-c4ccc(C#N)cc4)cc32)cc1. The number of hydrogen-bond acceptors (Lipinski definition) is 2. The van der Waals surface area contributed by atoms with Crippen molar-refractivity contribution >= 4 is 12.2 Å². The van der Waals surface area contributed by atoms with Crippen molar-refractivity contribution in [3.8, 4) is 45.5 Å². The molecule has 0 radical (unpaired) electrons. The molecule has 0 N–H and O–H groups in total. The van der Waals surface area contributed by atoms with Crippen molar-refractivity contribution in [1.29, 1.82) is 10.5 Å². The molecule has 2 aliphatic rings. The van der Waals surface area contributed by atoms with Gasteiger partial charge in [-0.2, -0.15) is 10.5 Å². The van der Waals surface area contributed by atoms with Crippen LogP contribution in [0.25, 0.3) is 45.5 Å². The van der Waals surface area contributed by atoms with Gasteiger partial charge in [0.2, 0.25) is 0 Å². The molecule has 1 spiro atoms. The molecular weight excluding hydrogens is 520 g/mol. The minimum atomic E-state index is -0.521. The fourth-order valence-corrected chi connectivity index (χ4v) is 7.03. The first kappa shape index (κ1) is 24.8. The zero-order valence-electron chi connectivity index (χ0n) is 23.3. The highest BCUT2D eigenvalue weighted by Gasteiger charge is 2.48. The maximum atomic E-state index is 9.35. The third-order valence-electron chi connectivity index (χ3n) is 9.00. The summed E-state index contributed by atoms with van der Waals surface area (Å²) >= 11 is 0. The molecule has 0 aromatic heterocycles. The molecule has 6 aromatic carbocycles. The van der Waals surface area contributed by atoms with E-state index in [4.69, 9.17) is 0 Å². The van der Waals surface area contributed by atoms with E-state index in [9.17, 15) is 10.5 Å². The average Bonchev–Trinajstić information content (AvgIpc) is 3.28. The zero-order valence-corrected chi connectivity index (χ0v) is 23.3. The van der Waals surface area contributed by atoms with Crippen LogP contribution in [0.3, 0.4) is 0 Å². The lowest BCUT2D eigenvalue weighted by molar-refractivity contribution is 0.766. The van der Waals surface area contributed by atoms with Gasteiger partial charge in [0.15, 0.2) is 0 Å². The molecule has 0 saturated heterocycles. The molecular formula is C41H24N2. The molecule has 8 rings (SSSR count). The van der Waals surface area contributed by atoms with Gasteiger partial charge in [-0.1, -0.05) is 109 Å². The Kier molecular flexibility index (Phi) is 5.51. The Morgan fingerprint density at radius 3 is 1.58 bits per heavy atom. The van der Waals surface area contributed by atoms with Crippen LogP contribution in [0.2, 0.25) is 0 Å². The first-order valence-corrected chi connectivity index (χ1v) is 14.4. The molecule has 2 heteroatoms. The van der Waals surface area contributed by atoms with Crippen molar-refractivity contribution in [3.63, 3.8) is 0 Å². The second kappa shape index (κ2) is 9.56. The fourth-order valence-electron chi connectivity index (χ4n) is 7.03. The number of rotatable bonds is 2. The topological polar surface area (TPSA) is 47.6 Å². The number of nitriles is 2. The monoisotopic (exact) mass is 544 g/mol. The number of benzene rings is 6. The second-order valence-corrected chi connectivity index (χ2v) is 11.2.